The molecule has 0 atom stereocenters. The van der Waals surface area contributed by atoms with Gasteiger partial charge >= 0.3 is 0 Å². The number of hydrogen-bond acceptors (Lipinski definition) is 5. The highest BCUT2D eigenvalue weighted by molar-refractivity contribution is 7.99. The van der Waals surface area contributed by atoms with Crippen molar-refractivity contribution in [3.05, 3.63) is 71.8 Å². The largest absolute Gasteiger partial charge is 0.337 e. The zero-order chi connectivity index (χ0) is 21.8. The van der Waals surface area contributed by atoms with E-state index in [1.807, 2.05) is 53.2 Å². The molecule has 1 amide bonds. The Morgan fingerprint density at radius 3 is 2.71 bits per heavy atom. The molecule has 31 heavy (non-hydrogen) atoms. The van der Waals surface area contributed by atoms with Crippen LogP contribution >= 0.6 is 34.7 Å². The molecule has 0 fully saturated rings. The maximum absolute atomic E-state index is 13.5. The number of halogens is 1. The number of thiazole rings is 1. The lowest BCUT2D eigenvalue weighted by molar-refractivity contribution is 0.0986. The first-order valence-electron chi connectivity index (χ1n) is 10.1. The van der Waals surface area contributed by atoms with Crippen LogP contribution in [0.25, 0.3) is 10.2 Å². The molecule has 2 heterocycles. The van der Waals surface area contributed by atoms with Crippen LogP contribution in [0, 0.1) is 0 Å². The van der Waals surface area contributed by atoms with E-state index in [0.29, 0.717) is 27.5 Å². The number of aryl methyl sites for hydroxylation is 1. The molecule has 0 saturated carbocycles. The third kappa shape index (κ3) is 5.29. The van der Waals surface area contributed by atoms with E-state index in [1.165, 1.54) is 11.3 Å². The van der Waals surface area contributed by atoms with Crippen LogP contribution < -0.4 is 4.90 Å². The Bertz CT molecular complexity index is 1160. The van der Waals surface area contributed by atoms with Crippen LogP contribution in [-0.4, -0.2) is 32.2 Å². The third-order valence-corrected chi connectivity index (χ3v) is 7.03. The molecule has 0 bridgehead atoms. The van der Waals surface area contributed by atoms with Crippen LogP contribution in [0.3, 0.4) is 0 Å². The van der Waals surface area contributed by atoms with Crippen LogP contribution in [0.4, 0.5) is 5.13 Å². The average molecular weight is 471 g/mol. The van der Waals surface area contributed by atoms with Gasteiger partial charge in [-0.05, 0) is 42.8 Å². The number of aromatic nitrogens is 3. The van der Waals surface area contributed by atoms with Gasteiger partial charge in [-0.2, -0.15) is 0 Å². The Balaban J connectivity index is 1.60. The second-order valence-electron chi connectivity index (χ2n) is 7.38. The van der Waals surface area contributed by atoms with Crippen LogP contribution in [0.1, 0.15) is 30.6 Å². The van der Waals surface area contributed by atoms with Crippen LogP contribution in [0.5, 0.6) is 0 Å². The number of carbonyl (C=O) groups is 1. The Morgan fingerprint density at radius 1 is 1.23 bits per heavy atom. The molecule has 2 aromatic heterocycles. The van der Waals surface area contributed by atoms with E-state index in [2.05, 4.69) is 18.8 Å². The fourth-order valence-corrected chi connectivity index (χ4v) is 5.36. The molecule has 0 aliphatic rings. The molecule has 0 aliphatic heterocycles. The van der Waals surface area contributed by atoms with Gasteiger partial charge in [-0.1, -0.05) is 42.9 Å². The standard InChI is InChI=1S/C23H23ClN4OS2/c1-16(2)30-18-9-7-17(8-10-18)22(29)28(13-4-12-27-14-11-25-15-27)23-26-21-19(24)5-3-6-20(21)31-23/h3,5-11,14-16H,4,12-13H2,1-2H3. The Labute approximate surface area is 195 Å². The zero-order valence-electron chi connectivity index (χ0n) is 17.4. The molecule has 0 spiro atoms. The van der Waals surface area contributed by atoms with Crippen molar-refractivity contribution in [2.45, 2.75) is 37.0 Å². The van der Waals surface area contributed by atoms with Crippen molar-refractivity contribution in [3.8, 4) is 0 Å². The highest BCUT2D eigenvalue weighted by Crippen LogP contribution is 2.33. The zero-order valence-corrected chi connectivity index (χ0v) is 19.8. The lowest BCUT2D eigenvalue weighted by Gasteiger charge is -2.20. The Hall–Kier alpha value is -2.35. The number of imidazole rings is 1. The summed E-state index contributed by atoms with van der Waals surface area (Å²) >= 11 is 9.60. The third-order valence-electron chi connectivity index (χ3n) is 4.66. The summed E-state index contributed by atoms with van der Waals surface area (Å²) in [6.07, 6.45) is 6.26. The highest BCUT2D eigenvalue weighted by atomic mass is 35.5. The van der Waals surface area contributed by atoms with E-state index >= 15 is 0 Å². The predicted octanol–water partition coefficient (Wildman–Crippen LogP) is 6.38. The summed E-state index contributed by atoms with van der Waals surface area (Å²) in [4.78, 5) is 25.2. The first-order valence-corrected chi connectivity index (χ1v) is 12.2. The summed E-state index contributed by atoms with van der Waals surface area (Å²) in [6.45, 7) is 5.64. The Morgan fingerprint density at radius 2 is 2.03 bits per heavy atom. The smallest absolute Gasteiger partial charge is 0.260 e. The minimum atomic E-state index is -0.0538. The fraction of sp³-hybridized carbons (Fsp3) is 0.261. The van der Waals surface area contributed by atoms with E-state index in [1.54, 1.807) is 29.2 Å². The second kappa shape index (κ2) is 9.85. The number of thioether (sulfide) groups is 1. The summed E-state index contributed by atoms with van der Waals surface area (Å²) in [5.41, 5.74) is 1.39. The van der Waals surface area contributed by atoms with Crippen molar-refractivity contribution < 1.29 is 4.79 Å². The van der Waals surface area contributed by atoms with Crippen molar-refractivity contribution in [1.29, 1.82) is 0 Å². The topological polar surface area (TPSA) is 51.0 Å². The number of rotatable bonds is 8. The van der Waals surface area contributed by atoms with Gasteiger partial charge < -0.3 is 4.57 Å². The maximum Gasteiger partial charge on any atom is 0.260 e. The van der Waals surface area contributed by atoms with Gasteiger partial charge in [-0.3, -0.25) is 9.69 Å². The molecule has 0 N–H and O–H groups in total. The highest BCUT2D eigenvalue weighted by Gasteiger charge is 2.22. The number of benzene rings is 2. The van der Waals surface area contributed by atoms with Crippen LogP contribution in [0.15, 0.2) is 66.1 Å². The quantitative estimate of drug-likeness (QED) is 0.280. The SMILES string of the molecule is CC(C)Sc1ccc(C(=O)N(CCCn2ccnc2)c2nc3c(Cl)cccc3s2)cc1. The molecule has 0 aliphatic carbocycles. The normalized spacial score (nSPS) is 11.4. The first-order chi connectivity index (χ1) is 15.0. The summed E-state index contributed by atoms with van der Waals surface area (Å²) in [5.74, 6) is -0.0538. The lowest BCUT2D eigenvalue weighted by atomic mass is 10.2. The van der Waals surface area contributed by atoms with Crippen molar-refractivity contribution >= 4 is 56.0 Å². The van der Waals surface area contributed by atoms with Gasteiger partial charge in [0.2, 0.25) is 0 Å². The van der Waals surface area contributed by atoms with Gasteiger partial charge in [0, 0.05) is 41.2 Å². The fourth-order valence-electron chi connectivity index (χ4n) is 3.24. The van der Waals surface area contributed by atoms with E-state index in [0.717, 1.165) is 28.1 Å². The van der Waals surface area contributed by atoms with Crippen LogP contribution in [0.2, 0.25) is 5.02 Å². The van der Waals surface area contributed by atoms with E-state index < -0.39 is 0 Å². The minimum absolute atomic E-state index is 0.0538. The van der Waals surface area contributed by atoms with Gasteiger partial charge in [-0.15, -0.1) is 11.8 Å². The van der Waals surface area contributed by atoms with Crippen molar-refractivity contribution in [1.82, 2.24) is 14.5 Å². The molecular weight excluding hydrogens is 448 g/mol. The summed E-state index contributed by atoms with van der Waals surface area (Å²) in [7, 11) is 0. The first kappa shape index (κ1) is 21.9. The van der Waals surface area contributed by atoms with Gasteiger partial charge in [0.25, 0.3) is 5.91 Å². The molecule has 0 unspecified atom stereocenters. The number of carbonyl (C=O) groups excluding carboxylic acids is 1. The molecular formula is C23H23ClN4OS2. The van der Waals surface area contributed by atoms with Gasteiger partial charge in [-0.25, -0.2) is 9.97 Å². The van der Waals surface area contributed by atoms with Crippen molar-refractivity contribution in [2.24, 2.45) is 0 Å². The number of fused-ring (bicyclic) bond motifs is 1. The molecule has 5 nitrogen and oxygen atoms in total. The molecule has 4 aromatic rings. The Kier molecular flexibility index (Phi) is 6.95. The number of nitrogens with zero attached hydrogens (tertiary/aromatic N) is 4. The van der Waals surface area contributed by atoms with Gasteiger partial charge in [0.15, 0.2) is 5.13 Å². The van der Waals surface area contributed by atoms with Crippen LogP contribution in [-0.2, 0) is 6.54 Å². The molecule has 0 saturated heterocycles. The van der Waals surface area contributed by atoms with Gasteiger partial charge in [0.1, 0.15) is 5.52 Å². The summed E-state index contributed by atoms with van der Waals surface area (Å²) in [6, 6.07) is 13.5. The van der Waals surface area contributed by atoms with Gasteiger partial charge in [0.05, 0.1) is 16.0 Å². The lowest BCUT2D eigenvalue weighted by Crippen LogP contribution is -2.32. The maximum atomic E-state index is 13.5. The number of hydrogen-bond donors (Lipinski definition) is 0. The average Bonchev–Trinajstić information content (AvgIpc) is 3.41. The monoisotopic (exact) mass is 470 g/mol. The van der Waals surface area contributed by atoms with Crippen molar-refractivity contribution in [2.75, 3.05) is 11.4 Å². The molecule has 8 heteroatoms. The second-order valence-corrected chi connectivity index (χ2v) is 10.5. The van der Waals surface area contributed by atoms with E-state index in [-0.39, 0.29) is 5.91 Å². The number of anilines is 1. The molecule has 0 radical (unpaired) electrons. The predicted molar refractivity (Wildman–Crippen MR) is 131 cm³/mol. The van der Waals surface area contributed by atoms with E-state index in [4.69, 9.17) is 16.6 Å². The molecule has 2 aromatic carbocycles. The minimum Gasteiger partial charge on any atom is -0.337 e. The molecule has 4 rings (SSSR count). The van der Waals surface area contributed by atoms with Crippen molar-refractivity contribution in [3.63, 3.8) is 0 Å². The van der Waals surface area contributed by atoms with E-state index in [9.17, 15) is 4.79 Å². The number of amides is 1. The summed E-state index contributed by atoms with van der Waals surface area (Å²) in [5, 5.41) is 1.76. The number of para-hydroxylation sites is 1. The molecule has 160 valence electrons. The summed E-state index contributed by atoms with van der Waals surface area (Å²) < 4.78 is 2.98.